The lowest BCUT2D eigenvalue weighted by molar-refractivity contribution is 0.0962. The highest BCUT2D eigenvalue weighted by molar-refractivity contribution is 7.71. The molecule has 2 rings (SSSR count). The van der Waals surface area contributed by atoms with Crippen LogP contribution in [0.5, 0.6) is 0 Å². The molecule has 0 bridgehead atoms. The first-order valence-corrected chi connectivity index (χ1v) is 5.08. The van der Waals surface area contributed by atoms with Crippen LogP contribution in [0.25, 0.3) is 0 Å². The largest absolute Gasteiger partial charge is 0.376 e. The number of hydrogen-bond donors (Lipinski definition) is 1. The molecule has 1 aliphatic rings. The average molecular weight is 212 g/mol. The summed E-state index contributed by atoms with van der Waals surface area (Å²) < 4.78 is 7.79. The van der Waals surface area contributed by atoms with Gasteiger partial charge in [-0.1, -0.05) is 0 Å². The second kappa shape index (κ2) is 4.06. The molecule has 2 heterocycles. The standard InChI is InChI=1S/C9H12N2O2S/c12-8-3-4-11(9(14)10-8)6-7-2-1-5-13-7/h3-4,7H,1-2,5-6H2,(H,10,12,14). The minimum Gasteiger partial charge on any atom is -0.376 e. The van der Waals surface area contributed by atoms with Gasteiger partial charge in [0, 0.05) is 18.9 Å². The number of nitrogens with one attached hydrogen (secondary N) is 1. The van der Waals surface area contributed by atoms with E-state index in [1.165, 1.54) is 6.07 Å². The van der Waals surface area contributed by atoms with Gasteiger partial charge in [-0.25, -0.2) is 0 Å². The van der Waals surface area contributed by atoms with Crippen molar-refractivity contribution in [2.75, 3.05) is 6.61 Å². The third kappa shape index (κ3) is 2.10. The van der Waals surface area contributed by atoms with E-state index in [0.29, 0.717) is 4.77 Å². The molecule has 1 aromatic heterocycles. The Kier molecular flexibility index (Phi) is 2.79. The molecule has 0 amide bonds. The van der Waals surface area contributed by atoms with E-state index in [2.05, 4.69) is 4.98 Å². The normalized spacial score (nSPS) is 21.3. The lowest BCUT2D eigenvalue weighted by Gasteiger charge is -2.11. The molecule has 4 nitrogen and oxygen atoms in total. The van der Waals surface area contributed by atoms with Crippen LogP contribution < -0.4 is 5.56 Å². The zero-order valence-electron chi connectivity index (χ0n) is 7.73. The Morgan fingerprint density at radius 3 is 3.21 bits per heavy atom. The number of ether oxygens (including phenoxy) is 1. The fraction of sp³-hybridized carbons (Fsp3) is 0.556. The Balaban J connectivity index is 2.16. The molecule has 1 saturated heterocycles. The van der Waals surface area contributed by atoms with Gasteiger partial charge in [-0.3, -0.25) is 9.78 Å². The van der Waals surface area contributed by atoms with Crippen LogP contribution in [0.2, 0.25) is 0 Å². The molecule has 1 unspecified atom stereocenters. The predicted molar refractivity (Wildman–Crippen MR) is 54.9 cm³/mol. The molecular formula is C9H12N2O2S. The van der Waals surface area contributed by atoms with Crippen molar-refractivity contribution in [2.45, 2.75) is 25.5 Å². The van der Waals surface area contributed by atoms with Crippen molar-refractivity contribution in [1.82, 2.24) is 9.55 Å². The van der Waals surface area contributed by atoms with E-state index < -0.39 is 0 Å². The van der Waals surface area contributed by atoms with Crippen molar-refractivity contribution in [3.63, 3.8) is 0 Å². The average Bonchev–Trinajstić information content (AvgIpc) is 2.62. The minimum absolute atomic E-state index is 0.154. The molecule has 0 aromatic carbocycles. The second-order valence-electron chi connectivity index (χ2n) is 3.40. The first-order chi connectivity index (χ1) is 6.75. The van der Waals surface area contributed by atoms with Gasteiger partial charge >= 0.3 is 0 Å². The van der Waals surface area contributed by atoms with Gasteiger partial charge in [0.1, 0.15) is 0 Å². The number of aromatic amines is 1. The second-order valence-corrected chi connectivity index (χ2v) is 3.78. The molecule has 1 aromatic rings. The lowest BCUT2D eigenvalue weighted by Crippen LogP contribution is -2.18. The maximum Gasteiger partial charge on any atom is 0.251 e. The van der Waals surface area contributed by atoms with Crippen LogP contribution in [-0.4, -0.2) is 22.3 Å². The molecule has 5 heteroatoms. The van der Waals surface area contributed by atoms with Gasteiger partial charge in [0.2, 0.25) is 0 Å². The summed E-state index contributed by atoms with van der Waals surface area (Å²) in [5.41, 5.74) is -0.154. The number of H-pyrrole nitrogens is 1. The van der Waals surface area contributed by atoms with E-state index in [1.807, 2.05) is 4.57 Å². The smallest absolute Gasteiger partial charge is 0.251 e. The molecular weight excluding hydrogens is 200 g/mol. The number of aromatic nitrogens is 2. The summed E-state index contributed by atoms with van der Waals surface area (Å²) in [6.07, 6.45) is 4.14. The van der Waals surface area contributed by atoms with Crippen LogP contribution in [0.4, 0.5) is 0 Å². The van der Waals surface area contributed by atoms with Crippen LogP contribution in [0, 0.1) is 4.77 Å². The first-order valence-electron chi connectivity index (χ1n) is 4.67. The molecule has 0 saturated carbocycles. The summed E-state index contributed by atoms with van der Waals surface area (Å²) in [7, 11) is 0. The third-order valence-corrected chi connectivity index (χ3v) is 2.66. The molecule has 1 fully saturated rings. The Morgan fingerprint density at radius 2 is 2.57 bits per heavy atom. The molecule has 1 aliphatic heterocycles. The topological polar surface area (TPSA) is 47.0 Å². The number of hydrogen-bond acceptors (Lipinski definition) is 3. The van der Waals surface area contributed by atoms with Crippen LogP contribution in [0.3, 0.4) is 0 Å². The highest BCUT2D eigenvalue weighted by atomic mass is 32.1. The summed E-state index contributed by atoms with van der Waals surface area (Å²) in [6, 6.07) is 1.48. The van der Waals surface area contributed by atoms with Gasteiger partial charge in [0.25, 0.3) is 5.56 Å². The van der Waals surface area contributed by atoms with Gasteiger partial charge in [0.15, 0.2) is 4.77 Å². The van der Waals surface area contributed by atoms with Crippen molar-refractivity contribution in [3.05, 3.63) is 27.4 Å². The van der Waals surface area contributed by atoms with Crippen LogP contribution >= 0.6 is 12.2 Å². The summed E-state index contributed by atoms with van der Waals surface area (Å²) in [6.45, 7) is 1.57. The van der Waals surface area contributed by atoms with Crippen molar-refractivity contribution in [1.29, 1.82) is 0 Å². The van der Waals surface area contributed by atoms with Crippen molar-refractivity contribution in [3.8, 4) is 0 Å². The molecule has 0 radical (unpaired) electrons. The van der Waals surface area contributed by atoms with Crippen molar-refractivity contribution in [2.24, 2.45) is 0 Å². The van der Waals surface area contributed by atoms with Gasteiger partial charge < -0.3 is 9.30 Å². The van der Waals surface area contributed by atoms with E-state index in [4.69, 9.17) is 17.0 Å². The summed E-state index contributed by atoms with van der Waals surface area (Å²) in [4.78, 5) is 13.5. The summed E-state index contributed by atoms with van der Waals surface area (Å²) in [5.74, 6) is 0. The van der Waals surface area contributed by atoms with Crippen LogP contribution in [0.15, 0.2) is 17.1 Å². The Labute approximate surface area is 86.5 Å². The highest BCUT2D eigenvalue weighted by Crippen LogP contribution is 2.13. The van der Waals surface area contributed by atoms with E-state index >= 15 is 0 Å². The van der Waals surface area contributed by atoms with Gasteiger partial charge in [-0.05, 0) is 25.1 Å². The van der Waals surface area contributed by atoms with E-state index in [1.54, 1.807) is 6.20 Å². The fourth-order valence-electron chi connectivity index (χ4n) is 1.60. The van der Waals surface area contributed by atoms with Crippen LogP contribution in [0.1, 0.15) is 12.8 Å². The van der Waals surface area contributed by atoms with Gasteiger partial charge in [0.05, 0.1) is 12.6 Å². The van der Waals surface area contributed by atoms with E-state index in [0.717, 1.165) is 26.0 Å². The van der Waals surface area contributed by atoms with Crippen LogP contribution in [-0.2, 0) is 11.3 Å². The Hall–Kier alpha value is -0.940. The van der Waals surface area contributed by atoms with Crippen molar-refractivity contribution >= 4 is 12.2 Å². The summed E-state index contributed by atoms with van der Waals surface area (Å²) >= 11 is 5.03. The first kappa shape index (κ1) is 9.61. The molecule has 0 spiro atoms. The Morgan fingerprint density at radius 1 is 1.71 bits per heavy atom. The Bertz CT molecular complexity index is 417. The van der Waals surface area contributed by atoms with E-state index in [-0.39, 0.29) is 11.7 Å². The van der Waals surface area contributed by atoms with Gasteiger partial charge in [-0.15, -0.1) is 0 Å². The minimum atomic E-state index is -0.154. The third-order valence-electron chi connectivity index (χ3n) is 2.32. The number of rotatable bonds is 2. The monoisotopic (exact) mass is 212 g/mol. The number of nitrogens with zero attached hydrogens (tertiary/aromatic N) is 1. The fourth-order valence-corrected chi connectivity index (χ4v) is 1.83. The molecule has 0 aliphatic carbocycles. The highest BCUT2D eigenvalue weighted by Gasteiger charge is 2.15. The SMILES string of the molecule is O=c1ccn(CC2CCCO2)c(=S)[nH]1. The zero-order valence-corrected chi connectivity index (χ0v) is 8.55. The molecule has 76 valence electrons. The quantitative estimate of drug-likeness (QED) is 0.746. The molecule has 1 atom stereocenters. The van der Waals surface area contributed by atoms with Gasteiger partial charge in [-0.2, -0.15) is 0 Å². The maximum absolute atomic E-state index is 10.9. The summed E-state index contributed by atoms with van der Waals surface area (Å²) in [5, 5.41) is 0. The predicted octanol–water partition coefficient (Wildman–Crippen LogP) is 1.08. The lowest BCUT2D eigenvalue weighted by atomic mass is 10.2. The van der Waals surface area contributed by atoms with E-state index in [9.17, 15) is 4.79 Å². The molecule has 1 N–H and O–H groups in total. The van der Waals surface area contributed by atoms with Crippen molar-refractivity contribution < 1.29 is 4.74 Å². The molecule has 14 heavy (non-hydrogen) atoms. The maximum atomic E-state index is 10.9. The zero-order chi connectivity index (χ0) is 9.97.